The number of nitrogens with zero attached hydrogens (tertiary/aromatic N) is 2. The maximum absolute atomic E-state index is 10.9. The molecule has 66 valence electrons. The maximum atomic E-state index is 10.9. The van der Waals surface area contributed by atoms with Gasteiger partial charge in [0.1, 0.15) is 6.04 Å². The van der Waals surface area contributed by atoms with Crippen LogP contribution in [0.1, 0.15) is 6.42 Å². The molecule has 0 fully saturated rings. The highest BCUT2D eigenvalue weighted by atomic mass is 16.9. The molecule has 1 aliphatic carbocycles. The van der Waals surface area contributed by atoms with Crippen molar-refractivity contribution in [2.24, 2.45) is 5.18 Å². The van der Waals surface area contributed by atoms with E-state index in [1.807, 2.05) is 0 Å². The molecule has 5 heteroatoms. The number of rotatable bonds is 3. The van der Waals surface area contributed by atoms with Crippen molar-refractivity contribution in [3.63, 3.8) is 0 Å². The zero-order chi connectivity index (χ0) is 8.97. The van der Waals surface area contributed by atoms with E-state index in [0.717, 1.165) is 0 Å². The summed E-state index contributed by atoms with van der Waals surface area (Å²) in [4.78, 5) is 14.6. The van der Waals surface area contributed by atoms with Crippen LogP contribution >= 0.6 is 0 Å². The molecule has 0 aromatic rings. The molecular weight excluding hydrogens is 160 g/mol. The summed E-state index contributed by atoms with van der Waals surface area (Å²) in [5.41, 5.74) is 0.245. The number of hydroxylamine groups is 2. The lowest BCUT2D eigenvalue weighted by Crippen LogP contribution is -2.24. The van der Waals surface area contributed by atoms with E-state index in [0.29, 0.717) is 11.6 Å². The molecule has 1 atom stereocenters. The molecular formula is C7H9N2O3-. The highest BCUT2D eigenvalue weighted by Crippen LogP contribution is 2.19. The first-order valence-electron chi connectivity index (χ1n) is 3.50. The first-order chi connectivity index (χ1) is 5.79. The van der Waals surface area contributed by atoms with Crippen molar-refractivity contribution in [2.75, 3.05) is 7.11 Å². The minimum Gasteiger partial charge on any atom is -0.734 e. The van der Waals surface area contributed by atoms with Gasteiger partial charge in [-0.25, -0.2) is 0 Å². The van der Waals surface area contributed by atoms with Crippen LogP contribution < -0.4 is 0 Å². The lowest BCUT2D eigenvalue weighted by Gasteiger charge is -2.32. The van der Waals surface area contributed by atoms with Gasteiger partial charge in [0.05, 0.1) is 12.8 Å². The summed E-state index contributed by atoms with van der Waals surface area (Å²) in [7, 11) is 1.24. The Morgan fingerprint density at radius 2 is 2.58 bits per heavy atom. The predicted molar refractivity (Wildman–Crippen MR) is 43.6 cm³/mol. The number of nitroso groups, excluding NO2 is 1. The van der Waals surface area contributed by atoms with E-state index in [9.17, 15) is 10.1 Å². The Bertz CT molecular complexity index is 225. The Balaban J connectivity index is 2.75. The molecule has 0 aromatic heterocycles. The monoisotopic (exact) mass is 169 g/mol. The van der Waals surface area contributed by atoms with Gasteiger partial charge in [-0.15, -0.1) is 0 Å². The van der Waals surface area contributed by atoms with Crippen LogP contribution in [0.15, 0.2) is 29.1 Å². The second kappa shape index (κ2) is 3.99. The van der Waals surface area contributed by atoms with E-state index >= 15 is 0 Å². The van der Waals surface area contributed by atoms with Crippen molar-refractivity contribution in [2.45, 2.75) is 12.5 Å². The Kier molecular flexibility index (Phi) is 2.95. The van der Waals surface area contributed by atoms with Crippen LogP contribution in [0.25, 0.3) is 0 Å². The molecule has 0 saturated heterocycles. The SMILES string of the molecule is CON([O-])C1=CC=CCC1N=O. The van der Waals surface area contributed by atoms with E-state index in [-0.39, 0.29) is 5.70 Å². The smallest absolute Gasteiger partial charge is 0.136 e. The quantitative estimate of drug-likeness (QED) is 0.472. The summed E-state index contributed by atoms with van der Waals surface area (Å²) in [5.74, 6) is 0. The van der Waals surface area contributed by atoms with E-state index in [1.54, 1.807) is 12.2 Å². The van der Waals surface area contributed by atoms with Crippen molar-refractivity contribution in [1.82, 2.24) is 5.23 Å². The van der Waals surface area contributed by atoms with Gasteiger partial charge in [0.15, 0.2) is 0 Å². The van der Waals surface area contributed by atoms with Gasteiger partial charge in [-0.1, -0.05) is 17.3 Å². The minimum atomic E-state index is -0.618. The molecule has 0 radical (unpaired) electrons. The molecule has 0 aliphatic heterocycles. The van der Waals surface area contributed by atoms with Gasteiger partial charge in [-0.2, -0.15) is 4.91 Å². The van der Waals surface area contributed by atoms with Crippen LogP contribution in [0.3, 0.4) is 0 Å². The summed E-state index contributed by atoms with van der Waals surface area (Å²) >= 11 is 0. The Morgan fingerprint density at radius 3 is 3.17 bits per heavy atom. The second-order valence-corrected chi connectivity index (χ2v) is 2.32. The molecule has 5 nitrogen and oxygen atoms in total. The molecule has 12 heavy (non-hydrogen) atoms. The van der Waals surface area contributed by atoms with Crippen LogP contribution in [0.4, 0.5) is 0 Å². The molecule has 0 N–H and O–H groups in total. The third kappa shape index (κ3) is 1.69. The number of hydrogen-bond donors (Lipinski definition) is 0. The predicted octanol–water partition coefficient (Wildman–Crippen LogP) is 1.33. The van der Waals surface area contributed by atoms with Crippen LogP contribution in [-0.4, -0.2) is 18.4 Å². The Labute approximate surface area is 69.8 Å². The first kappa shape index (κ1) is 8.89. The van der Waals surface area contributed by atoms with Crippen molar-refractivity contribution in [3.8, 4) is 0 Å². The van der Waals surface area contributed by atoms with Gasteiger partial charge in [0.2, 0.25) is 0 Å². The van der Waals surface area contributed by atoms with E-state index in [1.165, 1.54) is 13.2 Å². The largest absolute Gasteiger partial charge is 0.734 e. The lowest BCUT2D eigenvalue weighted by molar-refractivity contribution is -0.0608. The van der Waals surface area contributed by atoms with E-state index in [2.05, 4.69) is 10.0 Å². The van der Waals surface area contributed by atoms with Crippen LogP contribution in [-0.2, 0) is 4.84 Å². The number of allylic oxidation sites excluding steroid dienone is 2. The molecule has 0 bridgehead atoms. The van der Waals surface area contributed by atoms with Crippen LogP contribution in [0, 0.1) is 10.1 Å². The van der Waals surface area contributed by atoms with Crippen molar-refractivity contribution in [3.05, 3.63) is 34.0 Å². The van der Waals surface area contributed by atoms with Gasteiger partial charge in [-0.05, 0) is 12.5 Å². The average Bonchev–Trinajstić information content (AvgIpc) is 2.16. The van der Waals surface area contributed by atoms with Crippen molar-refractivity contribution >= 4 is 0 Å². The minimum absolute atomic E-state index is 0.245. The maximum Gasteiger partial charge on any atom is 0.136 e. The lowest BCUT2D eigenvalue weighted by atomic mass is 10.1. The molecule has 0 spiro atoms. The van der Waals surface area contributed by atoms with Gasteiger partial charge in [0.25, 0.3) is 0 Å². The van der Waals surface area contributed by atoms with Crippen LogP contribution in [0.5, 0.6) is 0 Å². The zero-order valence-electron chi connectivity index (χ0n) is 6.64. The van der Waals surface area contributed by atoms with Gasteiger partial charge >= 0.3 is 0 Å². The van der Waals surface area contributed by atoms with Gasteiger partial charge < -0.3 is 10.4 Å². The summed E-state index contributed by atoms with van der Waals surface area (Å²) in [6.07, 6.45) is 5.45. The van der Waals surface area contributed by atoms with E-state index in [4.69, 9.17) is 0 Å². The van der Waals surface area contributed by atoms with Gasteiger partial charge in [0, 0.05) is 0 Å². The fraction of sp³-hybridized carbons (Fsp3) is 0.429. The summed E-state index contributed by atoms with van der Waals surface area (Å²) in [5, 5.41) is 14.0. The highest BCUT2D eigenvalue weighted by Gasteiger charge is 2.16. The topological polar surface area (TPSA) is 65.0 Å². The molecule has 1 unspecified atom stereocenters. The third-order valence-electron chi connectivity index (χ3n) is 1.61. The molecule has 0 heterocycles. The third-order valence-corrected chi connectivity index (χ3v) is 1.61. The molecule has 1 rings (SSSR count). The molecule has 0 amide bonds. The normalized spacial score (nSPS) is 21.8. The van der Waals surface area contributed by atoms with Gasteiger partial charge in [-0.3, -0.25) is 4.84 Å². The fourth-order valence-electron chi connectivity index (χ4n) is 0.991. The second-order valence-electron chi connectivity index (χ2n) is 2.32. The summed E-state index contributed by atoms with van der Waals surface area (Å²) in [6, 6.07) is -0.618. The standard InChI is InChI=1S/C7H9N2O3/c1-12-9(11)7-5-3-2-4-6(7)8-10/h2-3,5-6H,4H2,1H3/q-1. The Hall–Kier alpha value is -1.20. The summed E-state index contributed by atoms with van der Waals surface area (Å²) in [6.45, 7) is 0. The fourth-order valence-corrected chi connectivity index (χ4v) is 0.991. The van der Waals surface area contributed by atoms with Crippen molar-refractivity contribution < 1.29 is 4.84 Å². The van der Waals surface area contributed by atoms with Crippen molar-refractivity contribution in [1.29, 1.82) is 0 Å². The Morgan fingerprint density at radius 1 is 1.83 bits per heavy atom. The summed E-state index contributed by atoms with van der Waals surface area (Å²) < 4.78 is 0. The number of hydrogen-bond acceptors (Lipinski definition) is 5. The highest BCUT2D eigenvalue weighted by molar-refractivity contribution is 5.22. The molecule has 0 aromatic carbocycles. The first-order valence-corrected chi connectivity index (χ1v) is 3.50. The molecule has 1 aliphatic rings. The average molecular weight is 169 g/mol. The zero-order valence-corrected chi connectivity index (χ0v) is 6.64. The van der Waals surface area contributed by atoms with Crippen LogP contribution in [0.2, 0.25) is 0 Å². The van der Waals surface area contributed by atoms with E-state index < -0.39 is 6.04 Å². The molecule has 0 saturated carbocycles.